The summed E-state index contributed by atoms with van der Waals surface area (Å²) in [5.41, 5.74) is 0. The lowest BCUT2D eigenvalue weighted by Crippen LogP contribution is -2.43. The molecule has 0 rings (SSSR count). The molecule has 0 fully saturated rings. The first kappa shape index (κ1) is 42.9. The zero-order valence-corrected chi connectivity index (χ0v) is 27.6. The van der Waals surface area contributed by atoms with Gasteiger partial charge >= 0.3 is 11.9 Å². The Balaban J connectivity index is 3.46. The van der Waals surface area contributed by atoms with E-state index in [2.05, 4.69) is 16.0 Å². The molecule has 0 aliphatic carbocycles. The van der Waals surface area contributed by atoms with Gasteiger partial charge in [-0.05, 0) is 26.2 Å². The van der Waals surface area contributed by atoms with E-state index in [0.29, 0.717) is 32.8 Å². The van der Waals surface area contributed by atoms with Gasteiger partial charge in [-0.3, -0.25) is 19.2 Å². The number of amides is 3. The molecule has 0 spiro atoms. The smallest absolute Gasteiger partial charge is 0.326 e. The SMILES string of the molecule is CC(=O)CC[C@H](NC(=O)COCC(=O)NCCOCCOCCNC(=O)CCCCCCCCCCCCCCC(=O)O)C(=O)O. The minimum Gasteiger partial charge on any atom is -0.481 e. The fraction of sp³-hybridized carbons (Fsp3) is 0.812. The van der Waals surface area contributed by atoms with Gasteiger partial charge in [-0.1, -0.05) is 64.2 Å². The predicted molar refractivity (Wildman–Crippen MR) is 170 cm³/mol. The molecule has 0 aliphatic heterocycles. The Morgan fingerprint density at radius 3 is 1.48 bits per heavy atom. The number of carboxylic acids is 2. The van der Waals surface area contributed by atoms with E-state index in [1.54, 1.807) is 0 Å². The Morgan fingerprint density at radius 2 is 1.00 bits per heavy atom. The zero-order chi connectivity index (χ0) is 34.3. The standard InChI is InChI=1S/C32H57N3O11/c1-26(36)16-17-27(32(42)43)35-30(39)25-46-24-29(38)34-19-21-45-23-22-44-20-18-33-28(37)14-12-10-8-6-4-2-3-5-7-9-11-13-15-31(40)41/h27H,2-25H2,1H3,(H,33,37)(H,34,38)(H,35,39)(H,40,41)(H,42,43)/t27-/m0/s1. The lowest BCUT2D eigenvalue weighted by atomic mass is 10.0. The van der Waals surface area contributed by atoms with Crippen molar-refractivity contribution >= 4 is 35.4 Å². The average Bonchev–Trinajstić information content (AvgIpc) is 2.99. The monoisotopic (exact) mass is 659 g/mol. The van der Waals surface area contributed by atoms with Crippen molar-refractivity contribution < 1.29 is 53.2 Å². The van der Waals surface area contributed by atoms with E-state index in [1.807, 2.05) is 0 Å². The Kier molecular flexibility index (Phi) is 28.5. The number of carbonyl (C=O) groups excluding carboxylic acids is 4. The molecule has 0 aromatic carbocycles. The van der Waals surface area contributed by atoms with Crippen LogP contribution >= 0.6 is 0 Å². The summed E-state index contributed by atoms with van der Waals surface area (Å²) < 4.78 is 15.8. The van der Waals surface area contributed by atoms with Crippen LogP contribution in [0.5, 0.6) is 0 Å². The summed E-state index contributed by atoms with van der Waals surface area (Å²) in [6.07, 6.45) is 14.1. The van der Waals surface area contributed by atoms with Gasteiger partial charge in [0.15, 0.2) is 0 Å². The quantitative estimate of drug-likeness (QED) is 0.0648. The van der Waals surface area contributed by atoms with Crippen molar-refractivity contribution in [3.63, 3.8) is 0 Å². The van der Waals surface area contributed by atoms with Gasteiger partial charge in [0.2, 0.25) is 17.7 Å². The van der Waals surface area contributed by atoms with Crippen molar-refractivity contribution in [3.05, 3.63) is 0 Å². The minimum absolute atomic E-state index is 0.0237. The number of aliphatic carboxylic acids is 2. The second-order valence-corrected chi connectivity index (χ2v) is 11.3. The van der Waals surface area contributed by atoms with Crippen LogP contribution in [0.25, 0.3) is 0 Å². The van der Waals surface area contributed by atoms with Gasteiger partial charge < -0.3 is 45.2 Å². The molecule has 0 aromatic rings. The second kappa shape index (κ2) is 30.5. The summed E-state index contributed by atoms with van der Waals surface area (Å²) in [4.78, 5) is 68.1. The summed E-state index contributed by atoms with van der Waals surface area (Å²) in [5, 5.41) is 25.4. The molecule has 0 bridgehead atoms. The van der Waals surface area contributed by atoms with Crippen LogP contribution in [0.1, 0.15) is 110 Å². The number of Topliss-reactive ketones (excluding diaryl/α,β-unsaturated/α-hetero) is 1. The van der Waals surface area contributed by atoms with Crippen LogP contribution in [-0.2, 0) is 43.0 Å². The summed E-state index contributed by atoms with van der Waals surface area (Å²) in [6.45, 7) is 2.42. The molecule has 0 heterocycles. The summed E-state index contributed by atoms with van der Waals surface area (Å²) in [6, 6.07) is -1.20. The number of carboxylic acid groups (broad SMARTS) is 2. The Hall–Kier alpha value is -3.10. The number of rotatable bonds is 33. The summed E-state index contributed by atoms with van der Waals surface area (Å²) in [5.74, 6) is -3.27. The van der Waals surface area contributed by atoms with Crippen LogP contribution in [0.3, 0.4) is 0 Å². The van der Waals surface area contributed by atoms with Gasteiger partial charge in [-0.25, -0.2) is 4.79 Å². The van der Waals surface area contributed by atoms with Crippen molar-refractivity contribution in [2.75, 3.05) is 52.7 Å². The third-order valence-electron chi connectivity index (χ3n) is 6.94. The van der Waals surface area contributed by atoms with Gasteiger partial charge in [0, 0.05) is 32.4 Å². The molecule has 14 nitrogen and oxygen atoms in total. The van der Waals surface area contributed by atoms with Crippen molar-refractivity contribution in [1.29, 1.82) is 0 Å². The maximum Gasteiger partial charge on any atom is 0.326 e. The Bertz CT molecular complexity index is 870. The molecule has 0 radical (unpaired) electrons. The van der Waals surface area contributed by atoms with Gasteiger partial charge in [-0.2, -0.15) is 0 Å². The van der Waals surface area contributed by atoms with E-state index in [-0.39, 0.29) is 50.7 Å². The van der Waals surface area contributed by atoms with Crippen molar-refractivity contribution in [2.24, 2.45) is 0 Å². The molecule has 266 valence electrons. The van der Waals surface area contributed by atoms with E-state index in [4.69, 9.17) is 24.4 Å². The molecular formula is C32H57N3O11. The molecule has 14 heteroatoms. The first-order valence-corrected chi connectivity index (χ1v) is 16.6. The molecule has 5 N–H and O–H groups in total. The normalized spacial score (nSPS) is 11.5. The number of ketones is 1. The fourth-order valence-electron chi connectivity index (χ4n) is 4.39. The number of hydrogen-bond donors (Lipinski definition) is 5. The third-order valence-corrected chi connectivity index (χ3v) is 6.94. The van der Waals surface area contributed by atoms with Crippen LogP contribution in [0.2, 0.25) is 0 Å². The van der Waals surface area contributed by atoms with Gasteiger partial charge in [0.05, 0.1) is 26.4 Å². The number of carbonyl (C=O) groups is 6. The zero-order valence-electron chi connectivity index (χ0n) is 27.6. The first-order valence-electron chi connectivity index (χ1n) is 16.6. The summed E-state index contributed by atoms with van der Waals surface area (Å²) in [7, 11) is 0. The topological polar surface area (TPSA) is 207 Å². The molecule has 0 aromatic heterocycles. The maximum atomic E-state index is 11.9. The van der Waals surface area contributed by atoms with E-state index in [0.717, 1.165) is 38.5 Å². The van der Waals surface area contributed by atoms with Crippen molar-refractivity contribution in [3.8, 4) is 0 Å². The molecule has 0 saturated carbocycles. The van der Waals surface area contributed by atoms with E-state index in [1.165, 1.54) is 45.4 Å². The molecule has 1 atom stereocenters. The van der Waals surface area contributed by atoms with Crippen LogP contribution in [0.4, 0.5) is 0 Å². The highest BCUT2D eigenvalue weighted by molar-refractivity contribution is 5.85. The van der Waals surface area contributed by atoms with Crippen LogP contribution in [-0.4, -0.2) is 104 Å². The lowest BCUT2D eigenvalue weighted by molar-refractivity contribution is -0.143. The maximum absolute atomic E-state index is 11.9. The average molecular weight is 660 g/mol. The van der Waals surface area contributed by atoms with Crippen LogP contribution in [0.15, 0.2) is 0 Å². The Labute approximate surface area is 273 Å². The number of hydrogen-bond acceptors (Lipinski definition) is 9. The number of nitrogens with one attached hydrogen (secondary N) is 3. The van der Waals surface area contributed by atoms with Gasteiger partial charge in [-0.15, -0.1) is 0 Å². The first-order chi connectivity index (χ1) is 22.1. The predicted octanol–water partition coefficient (Wildman–Crippen LogP) is 2.75. The molecule has 0 aliphatic rings. The Morgan fingerprint density at radius 1 is 0.543 bits per heavy atom. The third kappa shape index (κ3) is 30.9. The molecule has 46 heavy (non-hydrogen) atoms. The van der Waals surface area contributed by atoms with Crippen molar-refractivity contribution in [2.45, 2.75) is 116 Å². The van der Waals surface area contributed by atoms with E-state index >= 15 is 0 Å². The summed E-state index contributed by atoms with van der Waals surface area (Å²) >= 11 is 0. The van der Waals surface area contributed by atoms with E-state index in [9.17, 15) is 28.8 Å². The second-order valence-electron chi connectivity index (χ2n) is 11.3. The van der Waals surface area contributed by atoms with Crippen molar-refractivity contribution in [1.82, 2.24) is 16.0 Å². The highest BCUT2D eigenvalue weighted by Crippen LogP contribution is 2.13. The molecule has 3 amide bonds. The minimum atomic E-state index is -1.25. The molecule has 0 unspecified atom stereocenters. The molecule has 0 saturated heterocycles. The van der Waals surface area contributed by atoms with Gasteiger partial charge in [0.1, 0.15) is 25.0 Å². The largest absolute Gasteiger partial charge is 0.481 e. The number of unbranched alkanes of at least 4 members (excludes halogenated alkanes) is 11. The molecular weight excluding hydrogens is 602 g/mol. The lowest BCUT2D eigenvalue weighted by Gasteiger charge is -2.13. The van der Waals surface area contributed by atoms with Gasteiger partial charge in [0.25, 0.3) is 0 Å². The fourth-order valence-corrected chi connectivity index (χ4v) is 4.39. The highest BCUT2D eigenvalue weighted by atomic mass is 16.5. The highest BCUT2D eigenvalue weighted by Gasteiger charge is 2.20. The number of ether oxygens (including phenoxy) is 3. The van der Waals surface area contributed by atoms with E-state index < -0.39 is 36.4 Å². The van der Waals surface area contributed by atoms with Crippen LogP contribution in [0, 0.1) is 0 Å². The van der Waals surface area contributed by atoms with Crippen LogP contribution < -0.4 is 16.0 Å².